The van der Waals surface area contributed by atoms with E-state index in [-0.39, 0.29) is 59.8 Å². The molecule has 0 spiro atoms. The van der Waals surface area contributed by atoms with E-state index in [0.717, 1.165) is 25.0 Å². The number of hydrogen-bond acceptors (Lipinski definition) is 10. The van der Waals surface area contributed by atoms with Crippen LogP contribution in [0.5, 0.6) is 11.9 Å². The van der Waals surface area contributed by atoms with Gasteiger partial charge >= 0.3 is 18.3 Å². The van der Waals surface area contributed by atoms with Gasteiger partial charge in [0.1, 0.15) is 34.6 Å². The molecule has 1 aromatic carbocycles. The number of hydrogen-bond donors (Lipinski definition) is 2. The first-order valence-electron chi connectivity index (χ1n) is 15.1. The summed E-state index contributed by atoms with van der Waals surface area (Å²) in [6.07, 6.45) is -1.93. The third-order valence-corrected chi connectivity index (χ3v) is 10.3. The number of alkyl halides is 3. The Kier molecular flexibility index (Phi) is 6.31. The number of fused-ring (bicyclic) bond motifs is 7. The molecular formula is C30H30ClF4N7O4. The van der Waals surface area contributed by atoms with Crippen LogP contribution in [0.25, 0.3) is 22.2 Å². The molecule has 0 radical (unpaired) electrons. The first-order chi connectivity index (χ1) is 21.8. The van der Waals surface area contributed by atoms with E-state index < -0.39 is 51.1 Å². The topological polar surface area (TPSA) is 128 Å². The maximum absolute atomic E-state index is 16.7. The number of nitrogens with zero attached hydrogens (tertiary/aromatic N) is 5. The standard InChI is InChI=1S/C30H30ClF4N7O4/c1-28-10-29(11-28,41(2)27(43)46-28)12-45-26-39-23-19-24(40-26)42-9-14-3-4-17(37-14)18(42)5-6-44-25(19)38-22(21(23)32)15-7-13(36)8-16(31)20(15)30(33,34)35/h7-8,14,17-18,37H,3-6,9-12,36H2,1-2H3/t14-,17+,18-,28?,29?/m1/s1. The molecule has 5 fully saturated rings. The summed E-state index contributed by atoms with van der Waals surface area (Å²) in [4.78, 5) is 29.5. The van der Waals surface area contributed by atoms with Gasteiger partial charge < -0.3 is 35.1 Å². The molecule has 5 aliphatic heterocycles. The Morgan fingerprint density at radius 1 is 1.20 bits per heavy atom. The normalized spacial score (nSPS) is 29.8. The summed E-state index contributed by atoms with van der Waals surface area (Å²) in [5, 5.41) is 3.07. The van der Waals surface area contributed by atoms with Gasteiger partial charge in [-0.15, -0.1) is 0 Å². The van der Waals surface area contributed by atoms with E-state index in [2.05, 4.69) is 20.2 Å². The molecule has 1 saturated carbocycles. The fraction of sp³-hybridized carbons (Fsp3) is 0.533. The molecule has 3 aromatic rings. The lowest BCUT2D eigenvalue weighted by Gasteiger charge is -2.61. The van der Waals surface area contributed by atoms with Gasteiger partial charge in [-0.3, -0.25) is 0 Å². The Balaban J connectivity index is 1.31. The van der Waals surface area contributed by atoms with Gasteiger partial charge in [0, 0.05) is 62.2 Å². The summed E-state index contributed by atoms with van der Waals surface area (Å²) in [7, 11) is 1.63. The zero-order valence-electron chi connectivity index (χ0n) is 24.9. The lowest BCUT2D eigenvalue weighted by atomic mass is 9.64. The van der Waals surface area contributed by atoms with Crippen molar-refractivity contribution in [3.63, 3.8) is 0 Å². The average molecular weight is 664 g/mol. The van der Waals surface area contributed by atoms with Gasteiger partial charge in [-0.1, -0.05) is 11.6 Å². The first kappa shape index (κ1) is 29.5. The largest absolute Gasteiger partial charge is 0.477 e. The number of amides is 1. The molecule has 7 heterocycles. The van der Waals surface area contributed by atoms with Crippen LogP contribution in [0.2, 0.25) is 5.02 Å². The van der Waals surface area contributed by atoms with Crippen LogP contribution in [0, 0.1) is 5.82 Å². The van der Waals surface area contributed by atoms with Gasteiger partial charge in [0.05, 0.1) is 22.7 Å². The average Bonchev–Trinajstić information content (AvgIpc) is 3.35. The number of nitrogen functional groups attached to an aromatic ring is 1. The molecule has 244 valence electrons. The minimum absolute atomic E-state index is 0.00133. The number of likely N-dealkylation sites (N-methyl/N-ethyl adjacent to an activating group) is 1. The van der Waals surface area contributed by atoms with Crippen molar-refractivity contribution in [1.82, 2.24) is 25.2 Å². The summed E-state index contributed by atoms with van der Waals surface area (Å²) < 4.78 is 77.3. The van der Waals surface area contributed by atoms with E-state index >= 15 is 4.39 Å². The number of anilines is 2. The number of aromatic nitrogens is 3. The van der Waals surface area contributed by atoms with E-state index in [1.54, 1.807) is 7.05 Å². The second kappa shape index (κ2) is 9.83. The van der Waals surface area contributed by atoms with Crippen LogP contribution in [0.3, 0.4) is 0 Å². The number of halogens is 5. The number of ether oxygens (including phenoxy) is 3. The monoisotopic (exact) mass is 663 g/mol. The molecule has 1 amide bonds. The maximum Gasteiger partial charge on any atom is 0.418 e. The third kappa shape index (κ3) is 4.41. The highest BCUT2D eigenvalue weighted by Gasteiger charge is 2.63. The maximum atomic E-state index is 16.7. The molecule has 3 atom stereocenters. The van der Waals surface area contributed by atoms with Crippen LogP contribution < -0.4 is 25.4 Å². The molecule has 6 aliphatic rings. The molecule has 16 heteroatoms. The van der Waals surface area contributed by atoms with Crippen molar-refractivity contribution < 1.29 is 36.6 Å². The van der Waals surface area contributed by atoms with Gasteiger partial charge in [-0.05, 0) is 31.9 Å². The number of nitrogens with one attached hydrogen (secondary N) is 1. The summed E-state index contributed by atoms with van der Waals surface area (Å²) in [6.45, 7) is 2.60. The zero-order valence-corrected chi connectivity index (χ0v) is 25.6. The Morgan fingerprint density at radius 2 is 1.98 bits per heavy atom. The predicted molar refractivity (Wildman–Crippen MR) is 158 cm³/mol. The number of carbonyl (C=O) groups excluding carboxylic acids is 1. The zero-order chi connectivity index (χ0) is 32.3. The number of carbonyl (C=O) groups is 1. The van der Waals surface area contributed by atoms with Crippen molar-refractivity contribution >= 4 is 40.1 Å². The van der Waals surface area contributed by atoms with Crippen molar-refractivity contribution in [2.45, 2.75) is 74.5 Å². The number of benzene rings is 1. The van der Waals surface area contributed by atoms with Crippen LogP contribution in [-0.2, 0) is 10.9 Å². The van der Waals surface area contributed by atoms with E-state index in [1.807, 2.05) is 6.92 Å². The van der Waals surface area contributed by atoms with Crippen molar-refractivity contribution in [3.8, 4) is 23.1 Å². The van der Waals surface area contributed by atoms with Gasteiger partial charge in [0.15, 0.2) is 5.82 Å². The van der Waals surface area contributed by atoms with Gasteiger partial charge in [0.2, 0.25) is 5.88 Å². The Labute approximate surface area is 265 Å². The predicted octanol–water partition coefficient (Wildman–Crippen LogP) is 4.93. The summed E-state index contributed by atoms with van der Waals surface area (Å²) in [6, 6.07) is 2.02. The van der Waals surface area contributed by atoms with E-state index in [9.17, 15) is 18.0 Å². The van der Waals surface area contributed by atoms with Crippen LogP contribution >= 0.6 is 11.6 Å². The van der Waals surface area contributed by atoms with E-state index in [1.165, 1.54) is 4.90 Å². The van der Waals surface area contributed by atoms with Crippen molar-refractivity contribution in [3.05, 3.63) is 28.5 Å². The molecule has 46 heavy (non-hydrogen) atoms. The summed E-state index contributed by atoms with van der Waals surface area (Å²) in [5.41, 5.74) is 1.58. The van der Waals surface area contributed by atoms with Crippen LogP contribution in [0.1, 0.15) is 44.6 Å². The molecule has 4 saturated heterocycles. The fourth-order valence-electron chi connectivity index (χ4n) is 8.05. The minimum atomic E-state index is -4.95. The highest BCUT2D eigenvalue weighted by Crippen LogP contribution is 2.52. The molecule has 3 N–H and O–H groups in total. The lowest BCUT2D eigenvalue weighted by Crippen LogP contribution is -2.73. The van der Waals surface area contributed by atoms with E-state index in [4.69, 9.17) is 36.5 Å². The fourth-order valence-corrected chi connectivity index (χ4v) is 8.38. The number of nitrogens with two attached hydrogens (primary N) is 1. The Morgan fingerprint density at radius 3 is 2.74 bits per heavy atom. The molecule has 4 bridgehead atoms. The number of piperazine rings is 1. The summed E-state index contributed by atoms with van der Waals surface area (Å²) >= 11 is 6.02. The van der Waals surface area contributed by atoms with Crippen LogP contribution in [0.4, 0.5) is 33.9 Å². The number of rotatable bonds is 4. The van der Waals surface area contributed by atoms with Gasteiger partial charge in [0.25, 0.3) is 0 Å². The quantitative estimate of drug-likeness (QED) is 0.293. The lowest BCUT2D eigenvalue weighted by molar-refractivity contribution is -0.191. The number of pyridine rings is 1. The molecule has 9 rings (SSSR count). The molecule has 1 aliphatic carbocycles. The minimum Gasteiger partial charge on any atom is -0.477 e. The summed E-state index contributed by atoms with van der Waals surface area (Å²) in [5.74, 6) is -0.914. The third-order valence-electron chi connectivity index (χ3n) is 10.0. The van der Waals surface area contributed by atoms with Crippen molar-refractivity contribution in [2.75, 3.05) is 37.4 Å². The highest BCUT2D eigenvalue weighted by atomic mass is 35.5. The molecular weight excluding hydrogens is 634 g/mol. The first-order valence-corrected chi connectivity index (χ1v) is 15.5. The SMILES string of the molecule is CN1C(=O)OC2(C)CC1(COc1nc3c4c(nc(-c5cc(N)cc(Cl)c5C(F)(F)F)c(F)c4n1)OCC[C@@H]1[C@@H]4CC[C@H](CN31)N4)C2. The second-order valence-electron chi connectivity index (χ2n) is 13.2. The highest BCUT2D eigenvalue weighted by molar-refractivity contribution is 6.32. The van der Waals surface area contributed by atoms with E-state index in [0.29, 0.717) is 31.6 Å². The Hall–Kier alpha value is -3.85. The van der Waals surface area contributed by atoms with Gasteiger partial charge in [-0.25, -0.2) is 14.2 Å². The molecule has 0 unspecified atom stereocenters. The Bertz CT molecular complexity index is 1800. The second-order valence-corrected chi connectivity index (χ2v) is 13.6. The molecule has 11 nitrogen and oxygen atoms in total. The van der Waals surface area contributed by atoms with Crippen LogP contribution in [-0.4, -0.2) is 82.0 Å². The van der Waals surface area contributed by atoms with Crippen molar-refractivity contribution in [2.24, 2.45) is 0 Å². The smallest absolute Gasteiger partial charge is 0.418 e. The molecule has 2 aromatic heterocycles. The van der Waals surface area contributed by atoms with Crippen molar-refractivity contribution in [1.29, 1.82) is 0 Å². The van der Waals surface area contributed by atoms with Gasteiger partial charge in [-0.2, -0.15) is 23.1 Å². The van der Waals surface area contributed by atoms with Crippen LogP contribution in [0.15, 0.2) is 12.1 Å².